The van der Waals surface area contributed by atoms with Gasteiger partial charge in [0.15, 0.2) is 11.3 Å². The van der Waals surface area contributed by atoms with Gasteiger partial charge in [-0.3, -0.25) is 14.7 Å². The summed E-state index contributed by atoms with van der Waals surface area (Å²) in [7, 11) is 1.61. The summed E-state index contributed by atoms with van der Waals surface area (Å²) in [5, 5.41) is 11.0. The number of nitrogens with zero attached hydrogens (tertiary/aromatic N) is 5. The van der Waals surface area contributed by atoms with E-state index in [9.17, 15) is 10.1 Å². The van der Waals surface area contributed by atoms with E-state index < -0.39 is 4.92 Å². The Morgan fingerprint density at radius 2 is 1.63 bits per heavy atom. The van der Waals surface area contributed by atoms with Crippen LogP contribution in [0.25, 0.3) is 39.4 Å². The summed E-state index contributed by atoms with van der Waals surface area (Å²) in [6.07, 6.45) is 0. The zero-order chi connectivity index (χ0) is 20.7. The molecule has 30 heavy (non-hydrogen) atoms. The molecule has 0 aliphatic carbocycles. The lowest BCUT2D eigenvalue weighted by molar-refractivity contribution is -0.384. The molecule has 5 rings (SSSR count). The molecule has 5 aromatic rings. The first kappa shape index (κ1) is 17.7. The van der Waals surface area contributed by atoms with Gasteiger partial charge in [-0.15, -0.1) is 0 Å². The van der Waals surface area contributed by atoms with Crippen molar-refractivity contribution in [2.24, 2.45) is 0 Å². The minimum Gasteiger partial charge on any atom is -0.497 e. The average molecular weight is 397 g/mol. The topological polar surface area (TPSA) is 96.0 Å². The Labute approximate surface area is 170 Å². The van der Waals surface area contributed by atoms with Crippen LogP contribution in [0.15, 0.2) is 72.8 Å². The molecule has 0 amide bonds. The van der Waals surface area contributed by atoms with Crippen LogP contribution in [0.4, 0.5) is 5.69 Å². The first-order valence-electron chi connectivity index (χ1n) is 9.18. The molecule has 0 aliphatic heterocycles. The molecule has 0 aliphatic rings. The van der Waals surface area contributed by atoms with Crippen molar-refractivity contribution in [3.05, 3.63) is 82.9 Å². The van der Waals surface area contributed by atoms with Gasteiger partial charge in [-0.25, -0.2) is 15.0 Å². The van der Waals surface area contributed by atoms with E-state index in [1.165, 1.54) is 12.1 Å². The fourth-order valence-electron chi connectivity index (χ4n) is 3.38. The number of non-ortho nitro benzene ring substituents is 1. The number of fused-ring (bicyclic) bond motifs is 2. The van der Waals surface area contributed by atoms with Gasteiger partial charge in [0.25, 0.3) is 5.69 Å². The van der Waals surface area contributed by atoms with Gasteiger partial charge in [-0.2, -0.15) is 0 Å². The van der Waals surface area contributed by atoms with Crippen LogP contribution >= 0.6 is 0 Å². The Balaban J connectivity index is 1.81. The zero-order valence-corrected chi connectivity index (χ0v) is 15.9. The van der Waals surface area contributed by atoms with Gasteiger partial charge in [-0.1, -0.05) is 18.2 Å². The van der Waals surface area contributed by atoms with Gasteiger partial charge in [0.05, 0.1) is 28.8 Å². The van der Waals surface area contributed by atoms with E-state index in [1.807, 2.05) is 53.1 Å². The predicted octanol–water partition coefficient (Wildman–Crippen LogP) is 4.55. The van der Waals surface area contributed by atoms with Crippen molar-refractivity contribution in [2.75, 3.05) is 7.11 Å². The van der Waals surface area contributed by atoms with Gasteiger partial charge >= 0.3 is 0 Å². The van der Waals surface area contributed by atoms with Crippen molar-refractivity contribution < 1.29 is 9.66 Å². The summed E-state index contributed by atoms with van der Waals surface area (Å²) in [6, 6.07) is 21.4. The summed E-state index contributed by atoms with van der Waals surface area (Å²) in [6.45, 7) is 0. The standard InChI is InChI=1S/C22H15N5O3/c1-30-17-6-4-5-16(13-17)26-21(14-9-11-15(12-10-14)27(28)29)25-20-22(26)24-19-8-3-2-7-18(19)23-20/h2-13H,1H3. The quantitative estimate of drug-likeness (QED) is 0.326. The van der Waals surface area contributed by atoms with Crippen molar-refractivity contribution in [3.63, 3.8) is 0 Å². The van der Waals surface area contributed by atoms with Gasteiger partial charge in [0.2, 0.25) is 0 Å². The molecule has 0 atom stereocenters. The van der Waals surface area contributed by atoms with Gasteiger partial charge in [-0.05, 0) is 36.4 Å². The molecule has 0 radical (unpaired) electrons. The zero-order valence-electron chi connectivity index (χ0n) is 15.9. The average Bonchev–Trinajstić information content (AvgIpc) is 3.15. The van der Waals surface area contributed by atoms with Crippen molar-refractivity contribution in [1.82, 2.24) is 19.5 Å². The minimum atomic E-state index is -0.426. The van der Waals surface area contributed by atoms with Gasteiger partial charge in [0.1, 0.15) is 11.6 Å². The minimum absolute atomic E-state index is 0.0183. The lowest BCUT2D eigenvalue weighted by Gasteiger charge is -2.10. The van der Waals surface area contributed by atoms with Crippen LogP contribution in [0.3, 0.4) is 0 Å². The van der Waals surface area contributed by atoms with E-state index in [1.54, 1.807) is 19.2 Å². The highest BCUT2D eigenvalue weighted by atomic mass is 16.6. The molecule has 0 N–H and O–H groups in total. The number of nitro groups is 1. The van der Waals surface area contributed by atoms with Crippen molar-refractivity contribution in [3.8, 4) is 22.8 Å². The normalized spacial score (nSPS) is 11.1. The number of nitro benzene ring substituents is 1. The number of imidazole rings is 1. The van der Waals surface area contributed by atoms with Crippen LogP contribution in [-0.4, -0.2) is 31.6 Å². The van der Waals surface area contributed by atoms with E-state index in [4.69, 9.17) is 14.7 Å². The van der Waals surface area contributed by atoms with Crippen molar-refractivity contribution in [2.45, 2.75) is 0 Å². The predicted molar refractivity (Wildman–Crippen MR) is 113 cm³/mol. The molecule has 0 unspecified atom stereocenters. The molecular weight excluding hydrogens is 382 g/mol. The molecule has 0 saturated heterocycles. The Kier molecular flexibility index (Phi) is 4.10. The monoisotopic (exact) mass is 397 g/mol. The highest BCUT2D eigenvalue weighted by molar-refractivity contribution is 5.86. The lowest BCUT2D eigenvalue weighted by atomic mass is 10.2. The van der Waals surface area contributed by atoms with Crippen LogP contribution in [0.5, 0.6) is 5.75 Å². The van der Waals surface area contributed by atoms with E-state index in [2.05, 4.69) is 4.98 Å². The van der Waals surface area contributed by atoms with E-state index in [0.717, 1.165) is 16.7 Å². The van der Waals surface area contributed by atoms with E-state index in [0.29, 0.717) is 28.4 Å². The summed E-state index contributed by atoms with van der Waals surface area (Å²) < 4.78 is 7.27. The van der Waals surface area contributed by atoms with Gasteiger partial charge in [0, 0.05) is 23.8 Å². The number of aromatic nitrogens is 4. The van der Waals surface area contributed by atoms with Gasteiger partial charge < -0.3 is 4.74 Å². The molecule has 2 aromatic heterocycles. The fourth-order valence-corrected chi connectivity index (χ4v) is 3.38. The number of hydrogen-bond donors (Lipinski definition) is 0. The molecule has 0 spiro atoms. The summed E-state index contributed by atoms with van der Waals surface area (Å²) >= 11 is 0. The van der Waals surface area contributed by atoms with Crippen molar-refractivity contribution >= 4 is 28.0 Å². The maximum atomic E-state index is 11.0. The van der Waals surface area contributed by atoms with Crippen LogP contribution < -0.4 is 4.74 Å². The smallest absolute Gasteiger partial charge is 0.269 e. The number of rotatable bonds is 4. The Morgan fingerprint density at radius 1 is 0.900 bits per heavy atom. The van der Waals surface area contributed by atoms with Crippen LogP contribution in [0.1, 0.15) is 0 Å². The Hall–Kier alpha value is -4.33. The second kappa shape index (κ2) is 6.93. The molecule has 0 saturated carbocycles. The number of ether oxygens (including phenoxy) is 1. The SMILES string of the molecule is COc1cccc(-n2c(-c3ccc([N+](=O)[O-])cc3)nc3nc4ccccc4nc32)c1. The maximum Gasteiger partial charge on any atom is 0.269 e. The molecule has 146 valence electrons. The van der Waals surface area contributed by atoms with Crippen LogP contribution in [-0.2, 0) is 0 Å². The molecule has 8 nitrogen and oxygen atoms in total. The van der Waals surface area contributed by atoms with E-state index >= 15 is 0 Å². The molecular formula is C22H15N5O3. The molecule has 0 bridgehead atoms. The Bertz CT molecular complexity index is 1410. The first-order valence-corrected chi connectivity index (χ1v) is 9.18. The summed E-state index contributed by atoms with van der Waals surface area (Å²) in [5.74, 6) is 1.28. The van der Waals surface area contributed by atoms with Crippen LogP contribution in [0, 0.1) is 10.1 Å². The molecule has 3 aromatic carbocycles. The highest BCUT2D eigenvalue weighted by Gasteiger charge is 2.18. The summed E-state index contributed by atoms with van der Waals surface area (Å²) in [4.78, 5) is 24.8. The largest absolute Gasteiger partial charge is 0.497 e. The second-order valence-corrected chi connectivity index (χ2v) is 6.64. The third-order valence-corrected chi connectivity index (χ3v) is 4.82. The summed E-state index contributed by atoms with van der Waals surface area (Å²) in [5.41, 5.74) is 4.12. The number of hydrogen-bond acceptors (Lipinski definition) is 6. The molecule has 0 fully saturated rings. The second-order valence-electron chi connectivity index (χ2n) is 6.64. The fraction of sp³-hybridized carbons (Fsp3) is 0.0455. The molecule has 2 heterocycles. The van der Waals surface area contributed by atoms with E-state index in [-0.39, 0.29) is 5.69 Å². The Morgan fingerprint density at radius 3 is 2.33 bits per heavy atom. The number of methoxy groups -OCH3 is 1. The lowest BCUT2D eigenvalue weighted by Crippen LogP contribution is -2.00. The third-order valence-electron chi connectivity index (χ3n) is 4.82. The van der Waals surface area contributed by atoms with Crippen LogP contribution in [0.2, 0.25) is 0 Å². The molecule has 8 heteroatoms. The first-order chi connectivity index (χ1) is 14.6. The third kappa shape index (κ3) is 2.91. The highest BCUT2D eigenvalue weighted by Crippen LogP contribution is 2.30. The maximum absolute atomic E-state index is 11.0. The number of para-hydroxylation sites is 2. The van der Waals surface area contributed by atoms with Crippen molar-refractivity contribution in [1.29, 1.82) is 0 Å². The number of benzene rings is 3.